The molecule has 7 rings (SSSR count). The van der Waals surface area contributed by atoms with Crippen LogP contribution >= 0.6 is 11.3 Å². The summed E-state index contributed by atoms with van der Waals surface area (Å²) in [6, 6.07) is 33.6. The summed E-state index contributed by atoms with van der Waals surface area (Å²) in [5.41, 5.74) is 2.53. The molecule has 4 heteroatoms. The third-order valence-electron chi connectivity index (χ3n) is 5.96. The van der Waals surface area contributed by atoms with Gasteiger partial charge in [0, 0.05) is 20.9 Å². The highest BCUT2D eigenvalue weighted by atomic mass is 32.1. The zero-order valence-corrected chi connectivity index (χ0v) is 17.8. The monoisotopic (exact) mass is 428 g/mol. The topological polar surface area (TPSA) is 38.9 Å². The van der Waals surface area contributed by atoms with Gasteiger partial charge in [0.2, 0.25) is 0 Å². The second-order valence-electron chi connectivity index (χ2n) is 7.94. The summed E-state index contributed by atoms with van der Waals surface area (Å²) >= 11 is 1.75. The molecule has 0 saturated carbocycles. The van der Waals surface area contributed by atoms with Gasteiger partial charge in [0.1, 0.15) is 17.0 Å². The summed E-state index contributed by atoms with van der Waals surface area (Å²) in [5, 5.41) is 16.2. The second-order valence-corrected chi connectivity index (χ2v) is 9.02. The fourth-order valence-electron chi connectivity index (χ4n) is 4.40. The fourth-order valence-corrected chi connectivity index (χ4v) is 5.46. The molecule has 0 fully saturated rings. The Labute approximate surface area is 187 Å². The summed E-state index contributed by atoms with van der Waals surface area (Å²) < 4.78 is 7.42. The maximum atomic E-state index is 6.17. The Morgan fingerprint density at radius 1 is 0.562 bits per heavy atom. The van der Waals surface area contributed by atoms with Crippen LogP contribution in [0.4, 0.5) is 0 Å². The molecule has 3 nitrogen and oxygen atoms in total. The minimum Gasteiger partial charge on any atom is -0.454 e. The van der Waals surface area contributed by atoms with Gasteiger partial charge in [-0.2, -0.15) is 0 Å². The zero-order chi connectivity index (χ0) is 21.1. The SMILES string of the molecule is c1ccc2cc3c(-c4cc5ccccc5s4)nnc(-c4cc5ccccc5o4)c3cc2c1. The molecule has 3 aromatic heterocycles. The van der Waals surface area contributed by atoms with Crippen LogP contribution in [0, 0.1) is 0 Å². The third-order valence-corrected chi connectivity index (χ3v) is 7.09. The van der Waals surface area contributed by atoms with E-state index in [0.717, 1.165) is 43.8 Å². The number of para-hydroxylation sites is 1. The Hall–Kier alpha value is -4.02. The van der Waals surface area contributed by atoms with Gasteiger partial charge >= 0.3 is 0 Å². The molecule has 0 radical (unpaired) electrons. The lowest BCUT2D eigenvalue weighted by Gasteiger charge is -2.09. The summed E-state index contributed by atoms with van der Waals surface area (Å²) in [4.78, 5) is 1.12. The molecule has 3 heterocycles. The molecule has 0 amide bonds. The molecule has 150 valence electrons. The number of aromatic nitrogens is 2. The Kier molecular flexibility index (Phi) is 3.72. The van der Waals surface area contributed by atoms with E-state index in [1.54, 1.807) is 11.3 Å². The van der Waals surface area contributed by atoms with E-state index in [9.17, 15) is 0 Å². The highest BCUT2D eigenvalue weighted by Gasteiger charge is 2.18. The normalized spacial score (nSPS) is 11.8. The lowest BCUT2D eigenvalue weighted by atomic mass is 10.0. The molecule has 0 atom stereocenters. The van der Waals surface area contributed by atoms with Crippen molar-refractivity contribution in [2.24, 2.45) is 0 Å². The van der Waals surface area contributed by atoms with E-state index in [0.29, 0.717) is 0 Å². The van der Waals surface area contributed by atoms with Gasteiger partial charge in [0.15, 0.2) is 5.76 Å². The number of rotatable bonds is 2. The molecule has 0 aliphatic carbocycles. The van der Waals surface area contributed by atoms with Gasteiger partial charge in [-0.25, -0.2) is 0 Å². The molecule has 0 spiro atoms. The van der Waals surface area contributed by atoms with Crippen molar-refractivity contribution in [3.05, 3.63) is 97.1 Å². The first-order chi connectivity index (χ1) is 15.8. The molecule has 0 bridgehead atoms. The van der Waals surface area contributed by atoms with Crippen LogP contribution in [-0.2, 0) is 0 Å². The average Bonchev–Trinajstić information content (AvgIpc) is 3.46. The molecule has 4 aromatic carbocycles. The van der Waals surface area contributed by atoms with E-state index >= 15 is 0 Å². The predicted octanol–water partition coefficient (Wildman–Crippen LogP) is 8.08. The number of benzene rings is 4. The van der Waals surface area contributed by atoms with Crippen LogP contribution in [0.15, 0.2) is 101 Å². The molecular formula is C28H16N2OS. The molecule has 0 saturated heterocycles. The Balaban J connectivity index is 1.55. The number of furan rings is 1. The number of hydrogen-bond donors (Lipinski definition) is 0. The predicted molar refractivity (Wildman–Crippen MR) is 133 cm³/mol. The fraction of sp³-hybridized carbons (Fsp3) is 0. The van der Waals surface area contributed by atoms with E-state index in [4.69, 9.17) is 9.52 Å². The quantitative estimate of drug-likeness (QED) is 0.261. The van der Waals surface area contributed by atoms with Crippen LogP contribution in [0.5, 0.6) is 0 Å². The van der Waals surface area contributed by atoms with Crippen molar-refractivity contribution in [3.8, 4) is 22.0 Å². The van der Waals surface area contributed by atoms with Crippen LogP contribution in [0.1, 0.15) is 0 Å². The molecule has 32 heavy (non-hydrogen) atoms. The average molecular weight is 429 g/mol. The van der Waals surface area contributed by atoms with Crippen molar-refractivity contribution in [2.45, 2.75) is 0 Å². The van der Waals surface area contributed by atoms with Gasteiger partial charge in [0.05, 0.1) is 4.88 Å². The van der Waals surface area contributed by atoms with Gasteiger partial charge < -0.3 is 4.42 Å². The summed E-state index contributed by atoms with van der Waals surface area (Å²) in [5.74, 6) is 0.738. The number of hydrogen-bond acceptors (Lipinski definition) is 4. The molecule has 0 N–H and O–H groups in total. The van der Waals surface area contributed by atoms with E-state index in [2.05, 4.69) is 77.9 Å². The van der Waals surface area contributed by atoms with E-state index < -0.39 is 0 Å². The summed E-state index contributed by atoms with van der Waals surface area (Å²) in [6.07, 6.45) is 0. The first-order valence-electron chi connectivity index (χ1n) is 10.5. The number of fused-ring (bicyclic) bond motifs is 4. The highest BCUT2D eigenvalue weighted by molar-refractivity contribution is 7.22. The maximum absolute atomic E-state index is 6.17. The van der Waals surface area contributed by atoms with Crippen LogP contribution in [-0.4, -0.2) is 10.2 Å². The van der Waals surface area contributed by atoms with Crippen molar-refractivity contribution in [3.63, 3.8) is 0 Å². The first kappa shape index (κ1) is 17.6. The molecule has 7 aromatic rings. The van der Waals surface area contributed by atoms with E-state index in [1.807, 2.05) is 24.3 Å². The standard InChI is InChI=1S/C28H16N2OS/c1-2-8-18-14-22-21(13-17(18)7-1)27(24-15-19-9-3-5-11-23(19)31-24)29-30-28(22)26-16-20-10-4-6-12-25(20)32-26/h1-16H. The zero-order valence-electron chi connectivity index (χ0n) is 16.9. The smallest absolute Gasteiger partial charge is 0.156 e. The van der Waals surface area contributed by atoms with E-state index in [-0.39, 0.29) is 0 Å². The van der Waals surface area contributed by atoms with Crippen molar-refractivity contribution in [1.82, 2.24) is 10.2 Å². The third kappa shape index (κ3) is 2.67. The molecule has 0 unspecified atom stereocenters. The van der Waals surface area contributed by atoms with Crippen LogP contribution < -0.4 is 0 Å². The van der Waals surface area contributed by atoms with Crippen molar-refractivity contribution in [1.29, 1.82) is 0 Å². The van der Waals surface area contributed by atoms with Crippen molar-refractivity contribution >= 4 is 53.9 Å². The molecule has 0 aliphatic rings. The van der Waals surface area contributed by atoms with Crippen molar-refractivity contribution in [2.75, 3.05) is 0 Å². The van der Waals surface area contributed by atoms with Crippen LogP contribution in [0.25, 0.3) is 64.6 Å². The number of thiophene rings is 1. The molecule has 0 aliphatic heterocycles. The van der Waals surface area contributed by atoms with Crippen LogP contribution in [0.3, 0.4) is 0 Å². The minimum absolute atomic E-state index is 0.738. The Morgan fingerprint density at radius 2 is 1.19 bits per heavy atom. The second kappa shape index (κ2) is 6.74. The lowest BCUT2D eigenvalue weighted by molar-refractivity contribution is 0.628. The lowest BCUT2D eigenvalue weighted by Crippen LogP contribution is -1.93. The van der Waals surface area contributed by atoms with Gasteiger partial charge in [-0.05, 0) is 52.6 Å². The van der Waals surface area contributed by atoms with Gasteiger partial charge in [-0.3, -0.25) is 0 Å². The highest BCUT2D eigenvalue weighted by Crippen LogP contribution is 2.40. The minimum atomic E-state index is 0.738. The first-order valence-corrected chi connectivity index (χ1v) is 11.3. The Morgan fingerprint density at radius 3 is 1.94 bits per heavy atom. The maximum Gasteiger partial charge on any atom is 0.156 e. The van der Waals surface area contributed by atoms with Gasteiger partial charge in [-0.15, -0.1) is 21.5 Å². The van der Waals surface area contributed by atoms with Gasteiger partial charge in [-0.1, -0.05) is 60.7 Å². The summed E-state index contributed by atoms with van der Waals surface area (Å²) in [7, 11) is 0. The summed E-state index contributed by atoms with van der Waals surface area (Å²) in [6.45, 7) is 0. The molecular weight excluding hydrogens is 412 g/mol. The van der Waals surface area contributed by atoms with Gasteiger partial charge in [0.25, 0.3) is 0 Å². The van der Waals surface area contributed by atoms with Crippen molar-refractivity contribution < 1.29 is 4.42 Å². The van der Waals surface area contributed by atoms with E-state index in [1.165, 1.54) is 20.9 Å². The number of nitrogens with zero attached hydrogens (tertiary/aromatic N) is 2. The Bertz CT molecular complexity index is 1600. The van der Waals surface area contributed by atoms with Crippen LogP contribution in [0.2, 0.25) is 0 Å². The largest absolute Gasteiger partial charge is 0.454 e.